The third kappa shape index (κ3) is 6.04. The summed E-state index contributed by atoms with van der Waals surface area (Å²) in [5.74, 6) is 1.16. The van der Waals surface area contributed by atoms with E-state index in [4.69, 9.17) is 14.2 Å². The molecule has 0 radical (unpaired) electrons. The Hall–Kier alpha value is -4.05. The second-order valence-corrected chi connectivity index (χ2v) is 8.55. The number of hydrogen-bond acceptors (Lipinski definition) is 7. The smallest absolute Gasteiger partial charge is 0.271 e. The molecule has 0 saturated heterocycles. The molecule has 3 rings (SSSR count). The fourth-order valence-electron chi connectivity index (χ4n) is 3.02. The molecule has 0 aliphatic heterocycles. The lowest BCUT2D eigenvalue weighted by molar-refractivity contribution is 0.0955. The highest BCUT2D eigenvalue weighted by molar-refractivity contribution is 7.92. The number of ether oxygens (including phenoxy) is 3. The van der Waals surface area contributed by atoms with Crippen molar-refractivity contribution in [2.75, 3.05) is 25.5 Å². The van der Waals surface area contributed by atoms with Gasteiger partial charge >= 0.3 is 0 Å². The van der Waals surface area contributed by atoms with Crippen LogP contribution < -0.4 is 24.4 Å². The lowest BCUT2D eigenvalue weighted by atomic mass is 10.2. The first-order valence-corrected chi connectivity index (χ1v) is 11.8. The topological polar surface area (TPSA) is 115 Å². The summed E-state index contributed by atoms with van der Waals surface area (Å²) in [6.07, 6.45) is 1.44. The number of sulfonamides is 1. The van der Waals surface area contributed by atoms with Crippen LogP contribution in [0.5, 0.6) is 17.2 Å². The van der Waals surface area contributed by atoms with Crippen molar-refractivity contribution in [2.24, 2.45) is 5.10 Å². The summed E-state index contributed by atoms with van der Waals surface area (Å²) in [5.41, 5.74) is 3.67. The summed E-state index contributed by atoms with van der Waals surface area (Å²) >= 11 is 0. The number of benzene rings is 3. The fraction of sp³-hybridized carbons (Fsp3) is 0.167. The molecule has 0 aliphatic rings. The molecule has 178 valence electrons. The highest BCUT2D eigenvalue weighted by atomic mass is 32.2. The first-order valence-electron chi connectivity index (χ1n) is 10.3. The van der Waals surface area contributed by atoms with Crippen molar-refractivity contribution in [1.29, 1.82) is 0 Å². The number of hydrazone groups is 1. The van der Waals surface area contributed by atoms with E-state index in [1.165, 1.54) is 56.8 Å². The van der Waals surface area contributed by atoms with Gasteiger partial charge in [-0.2, -0.15) is 5.10 Å². The Bertz CT molecular complexity index is 1260. The van der Waals surface area contributed by atoms with Crippen molar-refractivity contribution in [3.05, 3.63) is 77.9 Å². The van der Waals surface area contributed by atoms with E-state index in [-0.39, 0.29) is 4.90 Å². The van der Waals surface area contributed by atoms with Gasteiger partial charge in [-0.1, -0.05) is 6.07 Å². The quantitative estimate of drug-likeness (QED) is 0.336. The SMILES string of the molecule is CCOc1ccc(S(=O)(=O)Nc2ccc(C(=O)N/N=C/c3cccc(OC)c3OC)cc2)cc1. The zero-order valence-corrected chi connectivity index (χ0v) is 19.8. The van der Waals surface area contributed by atoms with Crippen LogP contribution >= 0.6 is 0 Å². The van der Waals surface area contributed by atoms with Crippen molar-refractivity contribution in [3.63, 3.8) is 0 Å². The lowest BCUT2D eigenvalue weighted by Gasteiger charge is -2.10. The van der Waals surface area contributed by atoms with E-state index in [0.29, 0.717) is 40.7 Å². The predicted octanol–water partition coefficient (Wildman–Crippen LogP) is 3.67. The van der Waals surface area contributed by atoms with Gasteiger partial charge in [0.05, 0.1) is 31.9 Å². The molecular weight excluding hydrogens is 458 g/mol. The number of anilines is 1. The monoisotopic (exact) mass is 483 g/mol. The van der Waals surface area contributed by atoms with Crippen molar-refractivity contribution in [3.8, 4) is 17.2 Å². The first-order chi connectivity index (χ1) is 16.4. The molecule has 0 atom stereocenters. The highest BCUT2D eigenvalue weighted by Gasteiger charge is 2.15. The van der Waals surface area contributed by atoms with Gasteiger partial charge < -0.3 is 14.2 Å². The number of carbonyl (C=O) groups excluding carboxylic acids is 1. The molecule has 2 N–H and O–H groups in total. The predicted molar refractivity (Wildman–Crippen MR) is 129 cm³/mol. The second kappa shape index (κ2) is 11.2. The van der Waals surface area contributed by atoms with E-state index in [9.17, 15) is 13.2 Å². The molecule has 0 fully saturated rings. The molecule has 10 heteroatoms. The fourth-order valence-corrected chi connectivity index (χ4v) is 4.08. The standard InChI is InChI=1S/C24H25N3O6S/c1-4-33-20-12-14-21(15-13-20)34(29,30)27-19-10-8-17(9-11-19)24(28)26-25-16-18-6-5-7-22(31-2)23(18)32-3/h5-16,27H,4H2,1-3H3,(H,26,28)/b25-16+. The zero-order chi connectivity index (χ0) is 24.6. The minimum absolute atomic E-state index is 0.0973. The Morgan fingerprint density at radius 3 is 2.29 bits per heavy atom. The summed E-state index contributed by atoms with van der Waals surface area (Å²) < 4.78 is 43.6. The number of carbonyl (C=O) groups is 1. The molecule has 3 aromatic carbocycles. The maximum absolute atomic E-state index is 12.6. The maximum Gasteiger partial charge on any atom is 0.271 e. The van der Waals surface area contributed by atoms with Crippen LogP contribution in [0.3, 0.4) is 0 Å². The van der Waals surface area contributed by atoms with Crippen LogP contribution in [0, 0.1) is 0 Å². The molecule has 1 amide bonds. The van der Waals surface area contributed by atoms with E-state index in [0.717, 1.165) is 0 Å². The van der Waals surface area contributed by atoms with Crippen LogP contribution in [0.15, 0.2) is 76.7 Å². The minimum atomic E-state index is -3.79. The van der Waals surface area contributed by atoms with Crippen LogP contribution in [0.1, 0.15) is 22.8 Å². The van der Waals surface area contributed by atoms with Crippen molar-refractivity contribution in [2.45, 2.75) is 11.8 Å². The second-order valence-electron chi connectivity index (χ2n) is 6.87. The van der Waals surface area contributed by atoms with Crippen LogP contribution in [0.4, 0.5) is 5.69 Å². The number of para-hydroxylation sites is 1. The van der Waals surface area contributed by atoms with Crippen LogP contribution in [0.2, 0.25) is 0 Å². The van der Waals surface area contributed by atoms with Crippen molar-refractivity contribution < 1.29 is 27.4 Å². The van der Waals surface area contributed by atoms with Gasteiger partial charge in [0.2, 0.25) is 0 Å². The van der Waals surface area contributed by atoms with Crippen LogP contribution in [-0.2, 0) is 10.0 Å². The molecule has 0 saturated carbocycles. The Kier molecular flexibility index (Phi) is 8.10. The highest BCUT2D eigenvalue weighted by Crippen LogP contribution is 2.29. The number of amides is 1. The maximum atomic E-state index is 12.6. The van der Waals surface area contributed by atoms with E-state index >= 15 is 0 Å². The summed E-state index contributed by atoms with van der Waals surface area (Å²) in [4.78, 5) is 12.5. The average molecular weight is 484 g/mol. The molecule has 0 unspecified atom stereocenters. The summed E-state index contributed by atoms with van der Waals surface area (Å²) in [5, 5.41) is 3.96. The van der Waals surface area contributed by atoms with Crippen molar-refractivity contribution in [1.82, 2.24) is 5.43 Å². The molecule has 0 bridgehead atoms. The largest absolute Gasteiger partial charge is 0.494 e. The average Bonchev–Trinajstić information content (AvgIpc) is 2.84. The van der Waals surface area contributed by atoms with Gasteiger partial charge in [-0.3, -0.25) is 9.52 Å². The number of methoxy groups -OCH3 is 2. The van der Waals surface area contributed by atoms with Gasteiger partial charge in [-0.05, 0) is 67.6 Å². The van der Waals surface area contributed by atoms with E-state index in [1.54, 1.807) is 30.3 Å². The lowest BCUT2D eigenvalue weighted by Crippen LogP contribution is -2.18. The third-order valence-corrected chi connectivity index (χ3v) is 6.04. The van der Waals surface area contributed by atoms with Gasteiger partial charge in [0.1, 0.15) is 5.75 Å². The number of nitrogens with one attached hydrogen (secondary N) is 2. The van der Waals surface area contributed by atoms with Gasteiger partial charge in [0.25, 0.3) is 15.9 Å². The van der Waals surface area contributed by atoms with Gasteiger partial charge in [-0.25, -0.2) is 13.8 Å². The number of rotatable bonds is 10. The van der Waals surface area contributed by atoms with E-state index in [2.05, 4.69) is 15.2 Å². The molecule has 3 aromatic rings. The summed E-state index contributed by atoms with van der Waals surface area (Å²) in [6, 6.07) is 17.4. The Labute approximate surface area is 198 Å². The van der Waals surface area contributed by atoms with Crippen LogP contribution in [0.25, 0.3) is 0 Å². The minimum Gasteiger partial charge on any atom is -0.494 e. The summed E-state index contributed by atoms with van der Waals surface area (Å²) in [6.45, 7) is 2.34. The summed E-state index contributed by atoms with van der Waals surface area (Å²) in [7, 11) is -0.744. The first kappa shape index (κ1) is 24.6. The van der Waals surface area contributed by atoms with Crippen LogP contribution in [-0.4, -0.2) is 41.4 Å². The number of nitrogens with zero attached hydrogens (tertiary/aromatic N) is 1. The molecular formula is C24H25N3O6S. The Morgan fingerprint density at radius 1 is 0.971 bits per heavy atom. The number of hydrogen-bond donors (Lipinski definition) is 2. The third-order valence-electron chi connectivity index (χ3n) is 4.65. The normalized spacial score (nSPS) is 11.1. The molecule has 0 aromatic heterocycles. The van der Waals surface area contributed by atoms with E-state index < -0.39 is 15.9 Å². The Morgan fingerprint density at radius 2 is 1.68 bits per heavy atom. The molecule has 0 spiro atoms. The molecule has 0 aliphatic carbocycles. The Balaban J connectivity index is 1.64. The molecule has 9 nitrogen and oxygen atoms in total. The van der Waals surface area contributed by atoms with Gasteiger partial charge in [-0.15, -0.1) is 0 Å². The molecule has 34 heavy (non-hydrogen) atoms. The van der Waals surface area contributed by atoms with Gasteiger partial charge in [0, 0.05) is 16.8 Å². The van der Waals surface area contributed by atoms with Gasteiger partial charge in [0.15, 0.2) is 11.5 Å². The molecule has 0 heterocycles. The van der Waals surface area contributed by atoms with E-state index in [1.807, 2.05) is 6.92 Å². The van der Waals surface area contributed by atoms with Crippen molar-refractivity contribution >= 4 is 27.8 Å². The zero-order valence-electron chi connectivity index (χ0n) is 18.9.